The van der Waals surface area contributed by atoms with Crippen molar-refractivity contribution in [2.24, 2.45) is 33.5 Å². The lowest BCUT2D eigenvalue weighted by Gasteiger charge is -2.65. The molecule has 9 nitrogen and oxygen atoms in total. The maximum atomic E-state index is 12.6. The zero-order valence-electron chi connectivity index (χ0n) is 30.6. The Balaban J connectivity index is 0.000000152. The number of carboxylic acids is 1. The molecule has 51 heavy (non-hydrogen) atoms. The summed E-state index contributed by atoms with van der Waals surface area (Å²) in [6.45, 7) is 3.84. The quantitative estimate of drug-likeness (QED) is 0.236. The summed E-state index contributed by atoms with van der Waals surface area (Å²) in [6.07, 6.45) is 10.1. The molecule has 8 aliphatic carbocycles. The second kappa shape index (κ2) is 13.7. The fourth-order valence-corrected chi connectivity index (χ4v) is 12.8. The molecule has 0 spiro atoms. The van der Waals surface area contributed by atoms with Crippen LogP contribution in [0.1, 0.15) is 102 Å². The van der Waals surface area contributed by atoms with Gasteiger partial charge in [-0.25, -0.2) is 0 Å². The molecule has 2 aromatic rings. The zero-order chi connectivity index (χ0) is 36.7. The van der Waals surface area contributed by atoms with E-state index in [0.717, 1.165) is 57.8 Å². The molecule has 0 radical (unpaired) electrons. The van der Waals surface area contributed by atoms with Crippen LogP contribution in [0.3, 0.4) is 0 Å². The van der Waals surface area contributed by atoms with Crippen LogP contribution < -0.4 is 0 Å². The highest BCUT2D eigenvalue weighted by Crippen LogP contribution is 2.71. The highest BCUT2D eigenvalue weighted by molar-refractivity contribution is 5.83. The summed E-state index contributed by atoms with van der Waals surface area (Å²) in [5.74, 6) is -0.403. The number of aliphatic hydroxyl groups excluding tert-OH is 1. The van der Waals surface area contributed by atoms with E-state index in [1.54, 1.807) is 6.92 Å². The molecule has 8 atom stereocenters. The van der Waals surface area contributed by atoms with Crippen LogP contribution in [0.15, 0.2) is 60.7 Å². The van der Waals surface area contributed by atoms with Crippen LogP contribution in [0.4, 0.5) is 0 Å². The highest BCUT2D eigenvalue weighted by atomic mass is 16.5. The smallest absolute Gasteiger partial charge is 0.311 e. The molecule has 2 aromatic carbocycles. The largest absolute Gasteiger partial charge is 0.481 e. The normalized spacial score (nSPS) is 37.6. The standard InChI is InChI=1S/C19H22O4.C19H24O3.C4H8O2/c1-23-16(22)19-9-13-7-17(11-19,14-5-3-2-4-6-14)10-18(8-13,12-19)15(20)21;1-22-16(21)19-9-14-7-17(11-19,13-20)10-18(8-14,12-19)15-5-3-2-4-6-15;1-3-6-4(2)5/h2-6,13H,7-12H2,1H3,(H,20,21);2-6,14,20H,7-13H2,1H3;3H2,1-2H3. The first-order valence-corrected chi connectivity index (χ1v) is 18.5. The lowest BCUT2D eigenvalue weighted by Crippen LogP contribution is -2.63. The van der Waals surface area contributed by atoms with E-state index >= 15 is 0 Å². The average molecular weight is 703 g/mol. The number of carbonyl (C=O) groups is 4. The van der Waals surface area contributed by atoms with Crippen molar-refractivity contribution >= 4 is 23.9 Å². The number of rotatable bonds is 7. The predicted octanol–water partition coefficient (Wildman–Crippen LogP) is 6.78. The molecule has 10 rings (SSSR count). The van der Waals surface area contributed by atoms with Crippen molar-refractivity contribution in [3.05, 3.63) is 71.8 Å². The van der Waals surface area contributed by atoms with E-state index in [1.165, 1.54) is 32.3 Å². The third-order valence-corrected chi connectivity index (χ3v) is 13.4. The monoisotopic (exact) mass is 702 g/mol. The van der Waals surface area contributed by atoms with E-state index in [-0.39, 0.29) is 46.2 Å². The lowest BCUT2D eigenvalue weighted by molar-refractivity contribution is -0.193. The Morgan fingerprint density at radius 2 is 1.10 bits per heavy atom. The van der Waals surface area contributed by atoms with Gasteiger partial charge >= 0.3 is 23.9 Å². The number of hydrogen-bond acceptors (Lipinski definition) is 8. The fourth-order valence-electron chi connectivity index (χ4n) is 12.8. The second-order valence-electron chi connectivity index (χ2n) is 17.0. The number of esters is 3. The predicted molar refractivity (Wildman–Crippen MR) is 189 cm³/mol. The first-order chi connectivity index (χ1) is 24.3. The molecule has 0 aliphatic heterocycles. The summed E-state index contributed by atoms with van der Waals surface area (Å²) < 4.78 is 14.7. The van der Waals surface area contributed by atoms with E-state index in [0.29, 0.717) is 37.7 Å². The van der Waals surface area contributed by atoms with Gasteiger partial charge in [0.2, 0.25) is 0 Å². The topological polar surface area (TPSA) is 136 Å². The van der Waals surface area contributed by atoms with Crippen LogP contribution in [0.5, 0.6) is 0 Å². The van der Waals surface area contributed by atoms with Crippen LogP contribution in [0.25, 0.3) is 0 Å². The van der Waals surface area contributed by atoms with Gasteiger partial charge in [0.25, 0.3) is 0 Å². The first-order valence-electron chi connectivity index (χ1n) is 18.5. The van der Waals surface area contributed by atoms with Crippen LogP contribution in [-0.4, -0.2) is 61.5 Å². The van der Waals surface area contributed by atoms with Crippen molar-refractivity contribution in [2.45, 2.75) is 102 Å². The number of hydrogen-bond donors (Lipinski definition) is 2. The molecular formula is C42H54O9. The van der Waals surface area contributed by atoms with Gasteiger partial charge in [-0.1, -0.05) is 60.7 Å². The number of aliphatic hydroxyl groups is 1. The van der Waals surface area contributed by atoms with Gasteiger partial charge in [0, 0.05) is 13.5 Å². The van der Waals surface area contributed by atoms with Gasteiger partial charge in [-0.15, -0.1) is 0 Å². The summed E-state index contributed by atoms with van der Waals surface area (Å²) in [7, 11) is 2.92. The minimum absolute atomic E-state index is 0.0393. The number of carboxylic acid groups (broad SMARTS) is 1. The van der Waals surface area contributed by atoms with Gasteiger partial charge < -0.3 is 24.4 Å². The molecule has 0 heterocycles. The molecule has 2 N–H and O–H groups in total. The van der Waals surface area contributed by atoms with Crippen molar-refractivity contribution in [1.29, 1.82) is 0 Å². The van der Waals surface area contributed by atoms with E-state index in [1.807, 2.05) is 24.3 Å². The molecule has 0 amide bonds. The third-order valence-electron chi connectivity index (χ3n) is 13.4. The van der Waals surface area contributed by atoms with Crippen LogP contribution in [-0.2, 0) is 44.2 Å². The van der Waals surface area contributed by atoms with Crippen LogP contribution in [0.2, 0.25) is 0 Å². The summed E-state index contributed by atoms with van der Waals surface area (Å²) >= 11 is 0. The van der Waals surface area contributed by atoms with Crippen molar-refractivity contribution in [3.8, 4) is 0 Å². The Hall–Kier alpha value is -3.72. The molecule has 0 aromatic heterocycles. The van der Waals surface area contributed by atoms with E-state index < -0.39 is 16.8 Å². The van der Waals surface area contributed by atoms with Crippen molar-refractivity contribution < 1.29 is 43.6 Å². The van der Waals surface area contributed by atoms with E-state index in [4.69, 9.17) is 9.47 Å². The van der Waals surface area contributed by atoms with E-state index in [9.17, 15) is 29.4 Å². The lowest BCUT2D eigenvalue weighted by atomic mass is 9.38. The summed E-state index contributed by atoms with van der Waals surface area (Å²) in [6, 6.07) is 20.8. The molecule has 8 fully saturated rings. The van der Waals surface area contributed by atoms with Gasteiger partial charge in [-0.2, -0.15) is 0 Å². The summed E-state index contributed by atoms with van der Waals surface area (Å²) in [4.78, 5) is 47.1. The molecular weight excluding hydrogens is 648 g/mol. The van der Waals surface area contributed by atoms with Crippen LogP contribution >= 0.6 is 0 Å². The van der Waals surface area contributed by atoms with Gasteiger partial charge in [-0.3, -0.25) is 19.2 Å². The van der Waals surface area contributed by atoms with Crippen LogP contribution in [0, 0.1) is 33.5 Å². The second-order valence-corrected chi connectivity index (χ2v) is 17.0. The van der Waals surface area contributed by atoms with Gasteiger partial charge in [0.15, 0.2) is 0 Å². The average Bonchev–Trinajstić information content (AvgIpc) is 3.11. The minimum atomic E-state index is -0.774. The minimum Gasteiger partial charge on any atom is -0.481 e. The molecule has 8 unspecified atom stereocenters. The van der Waals surface area contributed by atoms with Gasteiger partial charge in [0.1, 0.15) is 0 Å². The third kappa shape index (κ3) is 6.49. The Morgan fingerprint density at radius 3 is 1.53 bits per heavy atom. The SMILES string of the molecule is CCOC(C)=O.COC(=O)C12CC3CC(C(=O)O)(C1)CC(c1ccccc1)(C3)C2.COC(=O)C12CC3CC(CO)(C1)CC(c1ccccc1)(C3)C2. The van der Waals surface area contributed by atoms with Crippen molar-refractivity contribution in [3.63, 3.8) is 0 Å². The molecule has 8 bridgehead atoms. The number of benzene rings is 2. The number of aliphatic carboxylic acids is 1. The molecule has 8 aliphatic rings. The zero-order valence-corrected chi connectivity index (χ0v) is 30.6. The maximum Gasteiger partial charge on any atom is 0.311 e. The van der Waals surface area contributed by atoms with Gasteiger partial charge in [0.05, 0.1) is 37.1 Å². The molecule has 9 heteroatoms. The van der Waals surface area contributed by atoms with Crippen molar-refractivity contribution in [2.75, 3.05) is 27.4 Å². The first kappa shape index (κ1) is 37.1. The molecule has 276 valence electrons. The Labute approximate surface area is 301 Å². The van der Waals surface area contributed by atoms with Gasteiger partial charge in [-0.05, 0) is 123 Å². The fraction of sp³-hybridized carbons (Fsp3) is 0.619. The Morgan fingerprint density at radius 1 is 0.647 bits per heavy atom. The van der Waals surface area contributed by atoms with Crippen molar-refractivity contribution in [1.82, 2.24) is 0 Å². The Kier molecular flexibility index (Phi) is 9.94. The summed E-state index contributed by atoms with van der Waals surface area (Å²) in [5.41, 5.74) is 0.487. The number of ether oxygens (including phenoxy) is 3. The summed E-state index contributed by atoms with van der Waals surface area (Å²) in [5, 5.41) is 20.1. The maximum absolute atomic E-state index is 12.6. The highest BCUT2D eigenvalue weighted by Gasteiger charge is 2.69. The molecule has 0 saturated heterocycles. The number of methoxy groups -OCH3 is 2. The molecule has 8 saturated carbocycles. The Bertz CT molecular complexity index is 1630. The van der Waals surface area contributed by atoms with E-state index in [2.05, 4.69) is 41.1 Å². The number of carbonyl (C=O) groups excluding carboxylic acids is 3.